The molecule has 0 spiro atoms. The highest BCUT2D eigenvalue weighted by Gasteiger charge is 2.37. The van der Waals surface area contributed by atoms with Gasteiger partial charge in [0.25, 0.3) is 5.91 Å². The van der Waals surface area contributed by atoms with E-state index in [0.717, 1.165) is 17.9 Å². The Kier molecular flexibility index (Phi) is 8.99. The van der Waals surface area contributed by atoms with Crippen LogP contribution < -0.4 is 9.62 Å². The fourth-order valence-electron chi connectivity index (χ4n) is 3.36. The molecule has 6 nitrogen and oxygen atoms in total. The van der Waals surface area contributed by atoms with Gasteiger partial charge in [0.1, 0.15) is 0 Å². The summed E-state index contributed by atoms with van der Waals surface area (Å²) in [5.74, 6) is -0.359. The topological polar surface area (TPSA) is 75.7 Å². The first-order valence-corrected chi connectivity index (χ1v) is 13.0. The third-order valence-corrected chi connectivity index (χ3v) is 6.48. The van der Waals surface area contributed by atoms with Gasteiger partial charge in [0.05, 0.1) is 37.3 Å². The molecule has 0 saturated heterocycles. The van der Waals surface area contributed by atoms with Crippen molar-refractivity contribution < 1.29 is 31.1 Å². The van der Waals surface area contributed by atoms with Crippen LogP contribution in [-0.2, 0) is 34.1 Å². The first-order valence-electron chi connectivity index (χ1n) is 10.8. The molecule has 0 fully saturated rings. The lowest BCUT2D eigenvalue weighted by Crippen LogP contribution is -2.31. The predicted octanol–water partition coefficient (Wildman–Crippen LogP) is 5.27. The highest BCUT2D eigenvalue weighted by molar-refractivity contribution is 7.92. The van der Waals surface area contributed by atoms with Gasteiger partial charge in [-0.25, -0.2) is 8.42 Å². The number of nitrogens with zero attached hydrogens (tertiary/aromatic N) is 1. The zero-order valence-electron chi connectivity index (χ0n) is 19.3. The fraction of sp³-hybridized carbons (Fsp3) is 0.240. The van der Waals surface area contributed by atoms with Crippen LogP contribution in [0.1, 0.15) is 27.0 Å². The lowest BCUT2D eigenvalue weighted by atomic mass is 10.1. The molecule has 0 aliphatic heterocycles. The zero-order chi connectivity index (χ0) is 26.3. The van der Waals surface area contributed by atoms with Crippen molar-refractivity contribution in [3.05, 3.63) is 100 Å². The van der Waals surface area contributed by atoms with Crippen molar-refractivity contribution >= 4 is 33.2 Å². The second-order valence-corrected chi connectivity index (χ2v) is 10.3. The monoisotopic (exact) mass is 540 g/mol. The normalized spacial score (nSPS) is 11.8. The Bertz CT molecular complexity index is 1280. The quantitative estimate of drug-likeness (QED) is 0.355. The third kappa shape index (κ3) is 7.71. The predicted molar refractivity (Wildman–Crippen MR) is 132 cm³/mol. The van der Waals surface area contributed by atoms with Gasteiger partial charge in [0, 0.05) is 17.1 Å². The number of anilines is 1. The van der Waals surface area contributed by atoms with Gasteiger partial charge in [-0.3, -0.25) is 9.10 Å². The minimum Gasteiger partial charge on any atom is -0.375 e. The number of halogens is 4. The lowest BCUT2D eigenvalue weighted by molar-refractivity contribution is -0.137. The van der Waals surface area contributed by atoms with Crippen LogP contribution in [0.5, 0.6) is 0 Å². The van der Waals surface area contributed by atoms with E-state index in [2.05, 4.69) is 5.32 Å². The molecule has 11 heteroatoms. The number of hydrogen-bond donors (Lipinski definition) is 1. The third-order valence-electron chi connectivity index (χ3n) is 5.12. The second-order valence-electron chi connectivity index (χ2n) is 7.92. The molecule has 0 unspecified atom stereocenters. The van der Waals surface area contributed by atoms with Crippen LogP contribution in [0, 0.1) is 0 Å². The fourth-order valence-corrected chi connectivity index (χ4v) is 4.44. The molecule has 0 atom stereocenters. The van der Waals surface area contributed by atoms with Crippen molar-refractivity contribution in [2.75, 3.05) is 23.7 Å². The van der Waals surface area contributed by atoms with Crippen molar-refractivity contribution in [1.82, 2.24) is 5.32 Å². The van der Waals surface area contributed by atoms with Gasteiger partial charge in [0.2, 0.25) is 10.0 Å². The van der Waals surface area contributed by atoms with Gasteiger partial charge in [0.15, 0.2) is 0 Å². The number of nitrogens with one attached hydrogen (secondary N) is 1. The molecular formula is C25H24ClF3N2O4S. The summed E-state index contributed by atoms with van der Waals surface area (Å²) in [5, 5.41) is 2.55. The minimum atomic E-state index is -4.81. The highest BCUT2D eigenvalue weighted by atomic mass is 35.5. The number of hydrogen-bond acceptors (Lipinski definition) is 4. The van der Waals surface area contributed by atoms with E-state index in [1.807, 2.05) is 30.3 Å². The Morgan fingerprint density at radius 1 is 1.00 bits per heavy atom. The summed E-state index contributed by atoms with van der Waals surface area (Å²) in [7, 11) is -4.08. The Labute approximate surface area is 212 Å². The van der Waals surface area contributed by atoms with Crippen LogP contribution in [-0.4, -0.2) is 33.7 Å². The molecule has 1 N–H and O–H groups in total. The van der Waals surface area contributed by atoms with Gasteiger partial charge >= 0.3 is 6.18 Å². The highest BCUT2D eigenvalue weighted by Crippen LogP contribution is 2.39. The summed E-state index contributed by atoms with van der Waals surface area (Å²) in [4.78, 5) is 12.4. The van der Waals surface area contributed by atoms with Crippen molar-refractivity contribution in [1.29, 1.82) is 0 Å². The van der Waals surface area contributed by atoms with Crippen molar-refractivity contribution in [3.63, 3.8) is 0 Å². The van der Waals surface area contributed by atoms with Crippen molar-refractivity contribution in [3.8, 4) is 0 Å². The van der Waals surface area contributed by atoms with Gasteiger partial charge in [-0.1, -0.05) is 54.1 Å². The van der Waals surface area contributed by atoms with E-state index < -0.39 is 27.5 Å². The van der Waals surface area contributed by atoms with Gasteiger partial charge < -0.3 is 10.1 Å². The summed E-state index contributed by atoms with van der Waals surface area (Å²) in [6.07, 6.45) is -3.99. The summed E-state index contributed by atoms with van der Waals surface area (Å²) >= 11 is 5.72. The lowest BCUT2D eigenvalue weighted by Gasteiger charge is -2.26. The van der Waals surface area contributed by atoms with Crippen molar-refractivity contribution in [2.45, 2.75) is 19.3 Å². The van der Waals surface area contributed by atoms with E-state index in [9.17, 15) is 26.4 Å². The first-order chi connectivity index (χ1) is 16.9. The maximum absolute atomic E-state index is 13.6. The number of alkyl halides is 3. The molecule has 0 saturated carbocycles. The minimum absolute atomic E-state index is 0.166. The number of amides is 1. The van der Waals surface area contributed by atoms with Crippen LogP contribution in [0.4, 0.5) is 18.9 Å². The smallest absolute Gasteiger partial charge is 0.375 e. The Hall–Kier alpha value is -3.08. The second kappa shape index (κ2) is 11.8. The molecule has 0 aromatic heterocycles. The molecule has 3 aromatic carbocycles. The summed E-state index contributed by atoms with van der Waals surface area (Å²) < 4.78 is 71.6. The van der Waals surface area contributed by atoms with Crippen molar-refractivity contribution in [2.24, 2.45) is 0 Å². The maximum Gasteiger partial charge on any atom is 0.418 e. The van der Waals surface area contributed by atoms with Crippen LogP contribution >= 0.6 is 11.6 Å². The number of sulfonamides is 1. The van der Waals surface area contributed by atoms with Crippen LogP contribution in [0.15, 0.2) is 72.8 Å². The number of ether oxygens (including phenoxy) is 1. The molecule has 1 amide bonds. The molecule has 0 bridgehead atoms. The first kappa shape index (κ1) is 27.5. The van der Waals surface area contributed by atoms with Gasteiger partial charge in [-0.15, -0.1) is 0 Å². The molecular weight excluding hydrogens is 517 g/mol. The molecule has 36 heavy (non-hydrogen) atoms. The SMILES string of the molecule is CS(=O)(=O)N(Cc1ccc(C(=O)NCCOCc2ccccc2)cc1)c1ccc(Cl)cc1C(F)(F)F. The number of benzene rings is 3. The zero-order valence-corrected chi connectivity index (χ0v) is 20.8. The molecule has 3 aromatic rings. The Morgan fingerprint density at radius 2 is 1.67 bits per heavy atom. The standard InChI is InChI=1S/C25H24ClF3N2O4S/c1-36(33,34)31(23-12-11-21(26)15-22(23)25(27,28)29)16-18-7-9-20(10-8-18)24(32)30-13-14-35-17-19-5-3-2-4-6-19/h2-12,15H,13-14,16-17H2,1H3,(H,30,32). The van der Waals surface area contributed by atoms with E-state index >= 15 is 0 Å². The van der Waals surface area contributed by atoms with E-state index in [1.165, 1.54) is 30.3 Å². The number of rotatable bonds is 10. The number of carbonyl (C=O) groups excluding carboxylic acids is 1. The molecule has 0 heterocycles. The van der Waals surface area contributed by atoms with Crippen LogP contribution in [0.25, 0.3) is 0 Å². The van der Waals surface area contributed by atoms with Gasteiger partial charge in [-0.05, 0) is 41.5 Å². The van der Waals surface area contributed by atoms with E-state index in [1.54, 1.807) is 0 Å². The molecule has 0 aliphatic rings. The maximum atomic E-state index is 13.6. The van der Waals surface area contributed by atoms with E-state index in [4.69, 9.17) is 16.3 Å². The van der Waals surface area contributed by atoms with E-state index in [-0.39, 0.29) is 24.0 Å². The average molecular weight is 541 g/mol. The van der Waals surface area contributed by atoms with Crippen LogP contribution in [0.3, 0.4) is 0 Å². The van der Waals surface area contributed by atoms with Crippen LogP contribution in [0.2, 0.25) is 5.02 Å². The Balaban J connectivity index is 1.64. The molecule has 3 rings (SSSR count). The molecule has 0 radical (unpaired) electrons. The van der Waals surface area contributed by atoms with E-state index in [0.29, 0.717) is 34.7 Å². The summed E-state index contributed by atoms with van der Waals surface area (Å²) in [6, 6.07) is 18.4. The van der Waals surface area contributed by atoms with Gasteiger partial charge in [-0.2, -0.15) is 13.2 Å². The summed E-state index contributed by atoms with van der Waals surface area (Å²) in [6.45, 7) is 0.654. The molecule has 0 aliphatic carbocycles. The Morgan fingerprint density at radius 3 is 2.28 bits per heavy atom. The molecule has 192 valence electrons. The summed E-state index contributed by atoms with van der Waals surface area (Å²) in [5.41, 5.74) is 0.0302. The largest absolute Gasteiger partial charge is 0.418 e. The number of carbonyl (C=O) groups is 1. The average Bonchev–Trinajstić information content (AvgIpc) is 2.82.